The Kier molecular flexibility index (Phi) is 68.4. The van der Waals surface area contributed by atoms with Crippen molar-refractivity contribution in [3.63, 3.8) is 0 Å². The van der Waals surface area contributed by atoms with Crippen molar-refractivity contribution in [1.82, 2.24) is 5.32 Å². The summed E-state index contributed by atoms with van der Waals surface area (Å²) in [6.45, 7) is 4.95. The van der Waals surface area contributed by atoms with Crippen molar-refractivity contribution in [3.8, 4) is 0 Å². The zero-order valence-electron chi connectivity index (χ0n) is 54.3. The quantitative estimate of drug-likeness (QED) is 0.0320. The Morgan fingerprint density at radius 3 is 0.887 bits per heavy atom. The molecule has 0 spiro atoms. The van der Waals surface area contributed by atoms with Crippen molar-refractivity contribution in [3.05, 3.63) is 24.3 Å². The Morgan fingerprint density at radius 2 is 0.588 bits per heavy atom. The lowest BCUT2D eigenvalue weighted by atomic mass is 10.0. The molecule has 474 valence electrons. The standard InChI is InChI=1S/C74H143NO5/c1-3-5-7-9-11-13-15-17-19-38-42-46-50-54-58-62-66-72(77)71(70-76)75-73(78)67-63-59-55-51-47-43-39-36-34-32-30-28-26-24-22-21-23-25-27-29-31-33-35-37-41-45-49-53-57-61-65-69-80-74(79)68-64-60-56-52-48-44-40-20-18-16-14-12-10-8-6-4-2/h23,25,62,66,71-72,76-77H,3-22,24,26-61,63-65,67-70H2,1-2H3,(H,75,78)/b25-23-,66-62+. The van der Waals surface area contributed by atoms with Gasteiger partial charge < -0.3 is 20.3 Å². The molecule has 0 aromatic carbocycles. The third kappa shape index (κ3) is 65.5. The van der Waals surface area contributed by atoms with Crippen LogP contribution in [0, 0.1) is 0 Å². The van der Waals surface area contributed by atoms with E-state index in [1.165, 1.54) is 347 Å². The Bertz CT molecular complexity index is 1250. The summed E-state index contributed by atoms with van der Waals surface area (Å²) in [6.07, 6.45) is 88.4. The molecule has 0 aromatic rings. The van der Waals surface area contributed by atoms with Gasteiger partial charge in [-0.2, -0.15) is 0 Å². The van der Waals surface area contributed by atoms with Gasteiger partial charge in [-0.05, 0) is 57.8 Å². The number of esters is 1. The molecular formula is C74H143NO5. The normalized spacial score (nSPS) is 12.6. The van der Waals surface area contributed by atoms with Crippen molar-refractivity contribution < 1.29 is 24.5 Å². The highest BCUT2D eigenvalue weighted by Gasteiger charge is 2.18. The predicted molar refractivity (Wildman–Crippen MR) is 352 cm³/mol. The van der Waals surface area contributed by atoms with Crippen molar-refractivity contribution >= 4 is 11.9 Å². The maximum atomic E-state index is 12.5. The van der Waals surface area contributed by atoms with Crippen LogP contribution in [0.5, 0.6) is 0 Å². The van der Waals surface area contributed by atoms with Crippen LogP contribution >= 0.6 is 0 Å². The maximum absolute atomic E-state index is 12.5. The summed E-state index contributed by atoms with van der Waals surface area (Å²) in [7, 11) is 0. The van der Waals surface area contributed by atoms with Gasteiger partial charge in [0.05, 0.1) is 25.4 Å². The van der Waals surface area contributed by atoms with Crippen molar-refractivity contribution in [1.29, 1.82) is 0 Å². The second-order valence-electron chi connectivity index (χ2n) is 25.3. The first-order chi connectivity index (χ1) is 39.5. The third-order valence-corrected chi connectivity index (χ3v) is 17.2. The van der Waals surface area contributed by atoms with Crippen LogP contribution in [0.1, 0.15) is 412 Å². The van der Waals surface area contributed by atoms with Crippen LogP contribution in [-0.4, -0.2) is 47.4 Å². The molecule has 0 aliphatic heterocycles. The van der Waals surface area contributed by atoms with E-state index in [4.69, 9.17) is 4.74 Å². The zero-order valence-corrected chi connectivity index (χ0v) is 54.3. The molecule has 0 fully saturated rings. The molecular weight excluding hydrogens is 983 g/mol. The number of ether oxygens (including phenoxy) is 1. The molecule has 3 N–H and O–H groups in total. The van der Waals surface area contributed by atoms with Crippen LogP contribution in [0.3, 0.4) is 0 Å². The van der Waals surface area contributed by atoms with E-state index in [1.807, 2.05) is 6.08 Å². The highest BCUT2D eigenvalue weighted by Crippen LogP contribution is 2.19. The number of carbonyl (C=O) groups excluding carboxylic acids is 2. The first kappa shape index (κ1) is 78.3. The Morgan fingerprint density at radius 1 is 0.338 bits per heavy atom. The highest BCUT2D eigenvalue weighted by molar-refractivity contribution is 5.76. The summed E-state index contributed by atoms with van der Waals surface area (Å²) in [5.41, 5.74) is 0. The summed E-state index contributed by atoms with van der Waals surface area (Å²) in [5, 5.41) is 23.2. The monoisotopic (exact) mass is 1130 g/mol. The molecule has 0 saturated heterocycles. The van der Waals surface area contributed by atoms with E-state index in [-0.39, 0.29) is 18.5 Å². The number of nitrogens with one attached hydrogen (secondary N) is 1. The highest BCUT2D eigenvalue weighted by atomic mass is 16.5. The topological polar surface area (TPSA) is 95.9 Å². The lowest BCUT2D eigenvalue weighted by Crippen LogP contribution is -2.45. The number of allylic oxidation sites excluding steroid dienone is 3. The molecule has 0 bridgehead atoms. The number of hydrogen-bond acceptors (Lipinski definition) is 5. The number of rotatable bonds is 69. The molecule has 0 rings (SSSR count). The van der Waals surface area contributed by atoms with Crippen LogP contribution in [0.2, 0.25) is 0 Å². The van der Waals surface area contributed by atoms with Gasteiger partial charge in [0.25, 0.3) is 0 Å². The Hall–Kier alpha value is -1.66. The molecule has 80 heavy (non-hydrogen) atoms. The van der Waals surface area contributed by atoms with Gasteiger partial charge in [0.1, 0.15) is 0 Å². The van der Waals surface area contributed by atoms with Crippen molar-refractivity contribution in [2.24, 2.45) is 0 Å². The van der Waals surface area contributed by atoms with E-state index in [0.717, 1.165) is 38.5 Å². The number of carbonyl (C=O) groups is 2. The van der Waals surface area contributed by atoms with Gasteiger partial charge in [-0.1, -0.05) is 366 Å². The van der Waals surface area contributed by atoms with E-state index in [2.05, 4.69) is 31.3 Å². The molecule has 0 aliphatic rings. The molecule has 2 atom stereocenters. The summed E-state index contributed by atoms with van der Waals surface area (Å²) in [4.78, 5) is 24.6. The number of aliphatic hydroxyl groups excluding tert-OH is 2. The molecule has 0 aromatic heterocycles. The fourth-order valence-corrected chi connectivity index (χ4v) is 11.6. The van der Waals surface area contributed by atoms with E-state index in [9.17, 15) is 19.8 Å². The second-order valence-corrected chi connectivity index (χ2v) is 25.3. The van der Waals surface area contributed by atoms with Gasteiger partial charge in [-0.3, -0.25) is 9.59 Å². The van der Waals surface area contributed by atoms with Gasteiger partial charge in [0, 0.05) is 12.8 Å². The first-order valence-electron chi connectivity index (χ1n) is 36.6. The minimum absolute atomic E-state index is 0.0216. The average molecular weight is 1130 g/mol. The fraction of sp³-hybridized carbons (Fsp3) is 0.919. The van der Waals surface area contributed by atoms with Crippen LogP contribution in [-0.2, 0) is 14.3 Å². The average Bonchev–Trinajstić information content (AvgIpc) is 3.46. The number of unbranched alkanes of at least 4 members (excludes halogenated alkanes) is 56. The lowest BCUT2D eigenvalue weighted by molar-refractivity contribution is -0.143. The van der Waals surface area contributed by atoms with Gasteiger partial charge in [0.15, 0.2) is 0 Å². The predicted octanol–water partition coefficient (Wildman–Crippen LogP) is 23.7. The van der Waals surface area contributed by atoms with Gasteiger partial charge in [0.2, 0.25) is 5.91 Å². The Balaban J connectivity index is 3.36. The lowest BCUT2D eigenvalue weighted by Gasteiger charge is -2.20. The summed E-state index contributed by atoms with van der Waals surface area (Å²) < 4.78 is 5.51. The van der Waals surface area contributed by atoms with Crippen molar-refractivity contribution in [2.45, 2.75) is 424 Å². The molecule has 0 saturated carbocycles. The Labute approximate surface area is 501 Å². The molecule has 2 unspecified atom stereocenters. The minimum Gasteiger partial charge on any atom is -0.466 e. The van der Waals surface area contributed by atoms with Crippen LogP contribution in [0.4, 0.5) is 0 Å². The summed E-state index contributed by atoms with van der Waals surface area (Å²) in [6, 6.07) is -0.626. The van der Waals surface area contributed by atoms with E-state index in [0.29, 0.717) is 19.4 Å². The number of hydrogen-bond donors (Lipinski definition) is 3. The van der Waals surface area contributed by atoms with Crippen LogP contribution in [0.15, 0.2) is 24.3 Å². The molecule has 0 heterocycles. The largest absolute Gasteiger partial charge is 0.466 e. The maximum Gasteiger partial charge on any atom is 0.305 e. The molecule has 6 nitrogen and oxygen atoms in total. The van der Waals surface area contributed by atoms with Crippen LogP contribution < -0.4 is 5.32 Å². The third-order valence-electron chi connectivity index (χ3n) is 17.2. The SMILES string of the molecule is CCCCCCCCCCCCCCCC/C=C/C(O)C(CO)NC(=O)CCCCCCCCCCCCCCCCC/C=C\CCCCCCCCCCCCCCOC(=O)CCCCCCCCCCCCCCCCCC. The van der Waals surface area contributed by atoms with E-state index < -0.39 is 12.1 Å². The molecule has 0 aliphatic carbocycles. The molecule has 6 heteroatoms. The molecule has 0 radical (unpaired) electrons. The van der Waals surface area contributed by atoms with Crippen molar-refractivity contribution in [2.75, 3.05) is 13.2 Å². The van der Waals surface area contributed by atoms with E-state index >= 15 is 0 Å². The minimum atomic E-state index is -0.843. The van der Waals surface area contributed by atoms with Gasteiger partial charge >= 0.3 is 5.97 Å². The number of aliphatic hydroxyl groups is 2. The summed E-state index contributed by atoms with van der Waals surface area (Å²) in [5.74, 6) is -0.0412. The first-order valence-corrected chi connectivity index (χ1v) is 36.6. The number of amides is 1. The summed E-state index contributed by atoms with van der Waals surface area (Å²) >= 11 is 0. The fourth-order valence-electron chi connectivity index (χ4n) is 11.6. The van der Waals surface area contributed by atoms with Crippen LogP contribution in [0.25, 0.3) is 0 Å². The molecule has 1 amide bonds. The second kappa shape index (κ2) is 69.8. The van der Waals surface area contributed by atoms with Gasteiger partial charge in [-0.25, -0.2) is 0 Å². The van der Waals surface area contributed by atoms with Gasteiger partial charge in [-0.15, -0.1) is 0 Å². The van der Waals surface area contributed by atoms with E-state index in [1.54, 1.807) is 6.08 Å². The zero-order chi connectivity index (χ0) is 57.8. The smallest absolute Gasteiger partial charge is 0.305 e.